The summed E-state index contributed by atoms with van der Waals surface area (Å²) in [6.45, 7) is 7.49. The molecule has 0 aromatic rings. The van der Waals surface area contributed by atoms with E-state index in [1.54, 1.807) is 0 Å². The molecule has 2 bridgehead atoms. The van der Waals surface area contributed by atoms with Crippen molar-refractivity contribution in [3.8, 4) is 0 Å². The Kier molecular flexibility index (Phi) is 3.01. The number of hydrogen-bond acceptors (Lipinski definition) is 3. The maximum Gasteiger partial charge on any atom is 0.330 e. The summed E-state index contributed by atoms with van der Waals surface area (Å²) in [5.41, 5.74) is -0.417. The lowest BCUT2D eigenvalue weighted by Gasteiger charge is -2.32. The van der Waals surface area contributed by atoms with E-state index >= 15 is 0 Å². The number of aliphatic hydroxyl groups is 1. The van der Waals surface area contributed by atoms with Crippen molar-refractivity contribution in [2.24, 2.45) is 29.6 Å². The molecule has 1 N–H and O–H groups in total. The summed E-state index contributed by atoms with van der Waals surface area (Å²) in [7, 11) is 0. The van der Waals surface area contributed by atoms with E-state index in [2.05, 4.69) is 6.58 Å². The van der Waals surface area contributed by atoms with Crippen LogP contribution in [0.5, 0.6) is 0 Å². The van der Waals surface area contributed by atoms with Gasteiger partial charge in [0, 0.05) is 6.08 Å². The van der Waals surface area contributed by atoms with Crippen molar-refractivity contribution in [3.63, 3.8) is 0 Å². The third-order valence-electron chi connectivity index (χ3n) is 5.95. The largest absolute Gasteiger partial charge is 0.456 e. The summed E-state index contributed by atoms with van der Waals surface area (Å²) >= 11 is 0. The van der Waals surface area contributed by atoms with Crippen LogP contribution >= 0.6 is 0 Å². The topological polar surface area (TPSA) is 46.5 Å². The Bertz CT molecular complexity index is 401. The van der Waals surface area contributed by atoms with Gasteiger partial charge in [-0.05, 0) is 69.1 Å². The lowest BCUT2D eigenvalue weighted by molar-refractivity contribution is -0.155. The Balaban J connectivity index is 1.70. The average Bonchev–Trinajstić information content (AvgIpc) is 2.97. The van der Waals surface area contributed by atoms with E-state index in [0.717, 1.165) is 25.2 Å². The molecular weight excluding hydrogens is 240 g/mol. The summed E-state index contributed by atoms with van der Waals surface area (Å²) < 4.78 is 5.53. The van der Waals surface area contributed by atoms with Crippen LogP contribution < -0.4 is 0 Å². The molecule has 3 saturated carbocycles. The van der Waals surface area contributed by atoms with Crippen LogP contribution in [0.4, 0.5) is 0 Å². The van der Waals surface area contributed by atoms with Crippen molar-refractivity contribution in [1.29, 1.82) is 0 Å². The van der Waals surface area contributed by atoms with Gasteiger partial charge in [-0.1, -0.05) is 6.58 Å². The van der Waals surface area contributed by atoms with E-state index in [0.29, 0.717) is 23.7 Å². The highest BCUT2D eigenvalue weighted by atomic mass is 16.6. The molecular formula is C16H24O3. The number of carbonyl (C=O) groups excluding carboxylic acids is 1. The molecule has 0 radical (unpaired) electrons. The number of aliphatic hydroxyl groups excluding tert-OH is 1. The Morgan fingerprint density at radius 3 is 2.58 bits per heavy atom. The zero-order valence-corrected chi connectivity index (χ0v) is 11.8. The molecule has 106 valence electrons. The van der Waals surface area contributed by atoms with E-state index in [-0.39, 0.29) is 12.1 Å². The number of ether oxygens (including phenoxy) is 1. The first-order chi connectivity index (χ1) is 8.92. The van der Waals surface area contributed by atoms with Crippen molar-refractivity contribution >= 4 is 5.97 Å². The second-order valence-electron chi connectivity index (χ2n) is 7.19. The van der Waals surface area contributed by atoms with Gasteiger partial charge in [-0.3, -0.25) is 0 Å². The SMILES string of the molecule is C=CC(=O)OC(C)(C)C1CC2C3CC(O)C(C3)C2C1. The Hall–Kier alpha value is -0.830. The molecule has 0 aromatic carbocycles. The maximum atomic E-state index is 11.4. The van der Waals surface area contributed by atoms with E-state index < -0.39 is 5.60 Å². The Morgan fingerprint density at radius 1 is 1.21 bits per heavy atom. The van der Waals surface area contributed by atoms with Crippen LogP contribution in [-0.2, 0) is 9.53 Å². The minimum Gasteiger partial charge on any atom is -0.456 e. The van der Waals surface area contributed by atoms with Gasteiger partial charge >= 0.3 is 5.97 Å². The predicted octanol–water partition coefficient (Wildman–Crippen LogP) is 2.54. The van der Waals surface area contributed by atoms with E-state index in [9.17, 15) is 9.90 Å². The number of carbonyl (C=O) groups is 1. The monoisotopic (exact) mass is 264 g/mol. The second kappa shape index (κ2) is 4.34. The van der Waals surface area contributed by atoms with Crippen molar-refractivity contribution in [2.45, 2.75) is 51.2 Å². The van der Waals surface area contributed by atoms with Gasteiger partial charge in [0.05, 0.1) is 6.10 Å². The van der Waals surface area contributed by atoms with Crippen molar-refractivity contribution in [1.82, 2.24) is 0 Å². The van der Waals surface area contributed by atoms with Crippen molar-refractivity contribution in [2.75, 3.05) is 0 Å². The predicted molar refractivity (Wildman–Crippen MR) is 72.3 cm³/mol. The smallest absolute Gasteiger partial charge is 0.330 e. The quantitative estimate of drug-likeness (QED) is 0.629. The first kappa shape index (κ1) is 13.2. The normalized spacial score (nSPS) is 44.2. The van der Waals surface area contributed by atoms with Crippen LogP contribution in [0.25, 0.3) is 0 Å². The Morgan fingerprint density at radius 2 is 1.89 bits per heavy atom. The van der Waals surface area contributed by atoms with Crippen molar-refractivity contribution in [3.05, 3.63) is 12.7 Å². The van der Waals surface area contributed by atoms with Crippen LogP contribution in [0.15, 0.2) is 12.7 Å². The Labute approximate surface area is 115 Å². The summed E-state index contributed by atoms with van der Waals surface area (Å²) in [5.74, 6) is 2.71. The van der Waals surface area contributed by atoms with Crippen LogP contribution in [0.3, 0.4) is 0 Å². The van der Waals surface area contributed by atoms with Gasteiger partial charge in [-0.15, -0.1) is 0 Å². The number of esters is 1. The van der Waals surface area contributed by atoms with E-state index in [1.165, 1.54) is 12.5 Å². The van der Waals surface area contributed by atoms with Crippen LogP contribution in [0.1, 0.15) is 39.5 Å². The molecule has 0 saturated heterocycles. The van der Waals surface area contributed by atoms with Gasteiger partial charge in [-0.25, -0.2) is 4.79 Å². The molecule has 3 rings (SSSR count). The van der Waals surface area contributed by atoms with Crippen molar-refractivity contribution < 1.29 is 14.6 Å². The molecule has 3 aliphatic rings. The first-order valence-corrected chi connectivity index (χ1v) is 7.46. The van der Waals surface area contributed by atoms with Gasteiger partial charge in [-0.2, -0.15) is 0 Å². The number of rotatable bonds is 3. The zero-order valence-electron chi connectivity index (χ0n) is 11.8. The fraction of sp³-hybridized carbons (Fsp3) is 0.812. The molecule has 0 aliphatic heterocycles. The number of fused-ring (bicyclic) bond motifs is 5. The van der Waals surface area contributed by atoms with Crippen LogP contribution in [0, 0.1) is 29.6 Å². The summed E-state index contributed by atoms with van der Waals surface area (Å²) in [4.78, 5) is 11.4. The molecule has 0 heterocycles. The molecule has 6 atom stereocenters. The molecule has 3 nitrogen and oxygen atoms in total. The van der Waals surface area contributed by atoms with Crippen LogP contribution in [-0.4, -0.2) is 22.8 Å². The third-order valence-corrected chi connectivity index (χ3v) is 5.95. The van der Waals surface area contributed by atoms with Crippen LogP contribution in [0.2, 0.25) is 0 Å². The third kappa shape index (κ3) is 2.03. The highest BCUT2D eigenvalue weighted by molar-refractivity contribution is 5.81. The number of hydrogen-bond donors (Lipinski definition) is 1. The van der Waals surface area contributed by atoms with Gasteiger partial charge < -0.3 is 9.84 Å². The highest BCUT2D eigenvalue weighted by Crippen LogP contribution is 2.61. The maximum absolute atomic E-state index is 11.4. The molecule has 19 heavy (non-hydrogen) atoms. The lowest BCUT2D eigenvalue weighted by atomic mass is 9.80. The zero-order chi connectivity index (χ0) is 13.8. The van der Waals surface area contributed by atoms with E-state index in [1.807, 2.05) is 13.8 Å². The highest BCUT2D eigenvalue weighted by Gasteiger charge is 2.57. The van der Waals surface area contributed by atoms with Gasteiger partial charge in [0.25, 0.3) is 0 Å². The first-order valence-electron chi connectivity index (χ1n) is 7.46. The lowest BCUT2D eigenvalue weighted by Crippen LogP contribution is -2.35. The summed E-state index contributed by atoms with van der Waals surface area (Å²) in [5, 5.41) is 10.0. The average molecular weight is 264 g/mol. The molecule has 0 aromatic heterocycles. The van der Waals surface area contributed by atoms with Gasteiger partial charge in [0.2, 0.25) is 0 Å². The molecule has 0 amide bonds. The standard InChI is InChI=1S/C16H24O3/c1-4-15(18)19-16(2,3)10-7-11-9-5-13(12(11)8-10)14(17)6-9/h4,9-14,17H,1,5-8H2,2-3H3. The molecule has 3 heteroatoms. The molecule has 3 fully saturated rings. The minimum atomic E-state index is -0.417. The molecule has 6 unspecified atom stereocenters. The van der Waals surface area contributed by atoms with E-state index in [4.69, 9.17) is 4.74 Å². The van der Waals surface area contributed by atoms with Gasteiger partial charge in [0.1, 0.15) is 5.60 Å². The molecule has 3 aliphatic carbocycles. The fourth-order valence-electron chi connectivity index (χ4n) is 4.99. The minimum absolute atomic E-state index is 0.0798. The summed E-state index contributed by atoms with van der Waals surface area (Å²) in [6, 6.07) is 0. The fourth-order valence-corrected chi connectivity index (χ4v) is 4.99. The second-order valence-corrected chi connectivity index (χ2v) is 7.19. The molecule has 0 spiro atoms. The summed E-state index contributed by atoms with van der Waals surface area (Å²) in [6.07, 6.45) is 5.62. The van der Waals surface area contributed by atoms with Gasteiger partial charge in [0.15, 0.2) is 0 Å².